The molecule has 2 heteroatoms. The van der Waals surface area contributed by atoms with Crippen molar-refractivity contribution in [3.05, 3.63) is 54.1 Å². The zero-order valence-corrected chi connectivity index (χ0v) is 13.7. The molecule has 0 radical (unpaired) electrons. The summed E-state index contributed by atoms with van der Waals surface area (Å²) in [7, 11) is -1.44. The maximum absolute atomic E-state index is 11.2. The molecule has 0 aliphatic carbocycles. The Labute approximate surface area is 122 Å². The van der Waals surface area contributed by atoms with Gasteiger partial charge in [-0.2, -0.15) is 0 Å². The van der Waals surface area contributed by atoms with Crippen LogP contribution < -0.4 is 5.19 Å². The molecule has 2 rings (SSSR count). The third-order valence-electron chi connectivity index (χ3n) is 4.45. The van der Waals surface area contributed by atoms with Gasteiger partial charge >= 0.3 is 0 Å². The van der Waals surface area contributed by atoms with Crippen LogP contribution in [0.15, 0.2) is 48.5 Å². The van der Waals surface area contributed by atoms with Crippen LogP contribution in [0.4, 0.5) is 0 Å². The Morgan fingerprint density at radius 3 is 2.35 bits per heavy atom. The zero-order chi connectivity index (χ0) is 14.8. The van der Waals surface area contributed by atoms with Gasteiger partial charge in [-0.1, -0.05) is 80.7 Å². The number of carbonyl (C=O) groups excluding carboxylic acids is 1. The molecule has 20 heavy (non-hydrogen) atoms. The highest BCUT2D eigenvalue weighted by atomic mass is 28.3. The summed E-state index contributed by atoms with van der Waals surface area (Å²) in [4.78, 5) is 11.2. The summed E-state index contributed by atoms with van der Waals surface area (Å²) < 4.78 is 0. The van der Waals surface area contributed by atoms with Crippen LogP contribution >= 0.6 is 0 Å². The molecule has 104 valence electrons. The highest BCUT2D eigenvalue weighted by molar-refractivity contribution is 6.90. The van der Waals surface area contributed by atoms with Crippen molar-refractivity contribution in [1.82, 2.24) is 0 Å². The van der Waals surface area contributed by atoms with E-state index in [1.807, 2.05) is 24.3 Å². The fourth-order valence-electron chi connectivity index (χ4n) is 2.28. The van der Waals surface area contributed by atoms with E-state index in [9.17, 15) is 4.79 Å². The van der Waals surface area contributed by atoms with Gasteiger partial charge in [-0.3, -0.25) is 4.79 Å². The van der Waals surface area contributed by atoms with Crippen molar-refractivity contribution in [3.63, 3.8) is 0 Å². The SMILES string of the molecule is CC(C)[Si](C)(C)c1cccc(-c2ccccc2C=O)c1. The lowest BCUT2D eigenvalue weighted by molar-refractivity contribution is 0.112. The fourth-order valence-corrected chi connectivity index (χ4v) is 4.00. The lowest BCUT2D eigenvalue weighted by Gasteiger charge is -2.28. The summed E-state index contributed by atoms with van der Waals surface area (Å²) in [6.07, 6.45) is 0.938. The van der Waals surface area contributed by atoms with Crippen LogP contribution in [-0.4, -0.2) is 14.4 Å². The summed E-state index contributed by atoms with van der Waals surface area (Å²) in [6.45, 7) is 9.42. The van der Waals surface area contributed by atoms with Gasteiger partial charge in [0.15, 0.2) is 6.29 Å². The van der Waals surface area contributed by atoms with Crippen LogP contribution in [0, 0.1) is 0 Å². The number of benzene rings is 2. The maximum Gasteiger partial charge on any atom is 0.150 e. The predicted octanol–water partition coefficient (Wildman–Crippen LogP) is 4.49. The lowest BCUT2D eigenvalue weighted by Crippen LogP contribution is -2.44. The van der Waals surface area contributed by atoms with Crippen molar-refractivity contribution >= 4 is 19.5 Å². The minimum absolute atomic E-state index is 0.694. The van der Waals surface area contributed by atoms with Gasteiger partial charge in [-0.05, 0) is 16.7 Å². The first kappa shape index (κ1) is 14.7. The highest BCUT2D eigenvalue weighted by Gasteiger charge is 2.27. The zero-order valence-electron chi connectivity index (χ0n) is 12.7. The molecule has 1 nitrogen and oxygen atoms in total. The standard InChI is InChI=1S/C18H22OSi/c1-14(2)20(3,4)17-10-7-9-15(12-17)18-11-6-5-8-16(18)13-19/h5-14H,1-4H3. The summed E-state index contributed by atoms with van der Waals surface area (Å²) in [5, 5.41) is 1.45. The van der Waals surface area contributed by atoms with Gasteiger partial charge in [-0.25, -0.2) is 0 Å². The van der Waals surface area contributed by atoms with Crippen molar-refractivity contribution in [3.8, 4) is 11.1 Å². The molecule has 0 saturated carbocycles. The molecule has 0 spiro atoms. The van der Waals surface area contributed by atoms with Crippen LogP contribution in [-0.2, 0) is 0 Å². The molecule has 0 heterocycles. The van der Waals surface area contributed by atoms with Crippen molar-refractivity contribution in [1.29, 1.82) is 0 Å². The number of carbonyl (C=O) groups is 1. The molecule has 2 aromatic rings. The van der Waals surface area contributed by atoms with E-state index in [0.29, 0.717) is 5.54 Å². The number of aldehydes is 1. The smallest absolute Gasteiger partial charge is 0.150 e. The van der Waals surface area contributed by atoms with Gasteiger partial charge in [0.2, 0.25) is 0 Å². The van der Waals surface area contributed by atoms with Gasteiger partial charge in [-0.15, -0.1) is 0 Å². The maximum atomic E-state index is 11.2. The van der Waals surface area contributed by atoms with Crippen LogP contribution in [0.3, 0.4) is 0 Å². The molecule has 0 bridgehead atoms. The van der Waals surface area contributed by atoms with E-state index < -0.39 is 8.07 Å². The third-order valence-corrected chi connectivity index (χ3v) is 9.13. The molecule has 0 saturated heterocycles. The third kappa shape index (κ3) is 2.75. The molecule has 0 aromatic heterocycles. The van der Waals surface area contributed by atoms with Gasteiger partial charge in [0, 0.05) is 5.56 Å². The van der Waals surface area contributed by atoms with Crippen molar-refractivity contribution in [2.45, 2.75) is 32.5 Å². The second-order valence-corrected chi connectivity index (χ2v) is 11.3. The number of hydrogen-bond donors (Lipinski definition) is 0. The average Bonchev–Trinajstić information content (AvgIpc) is 2.47. The normalized spacial score (nSPS) is 11.7. The Kier molecular flexibility index (Phi) is 4.24. The Balaban J connectivity index is 2.53. The van der Waals surface area contributed by atoms with E-state index in [0.717, 1.165) is 23.0 Å². The largest absolute Gasteiger partial charge is 0.298 e. The molecule has 0 aliphatic heterocycles. The summed E-state index contributed by atoms with van der Waals surface area (Å²) in [5.41, 5.74) is 3.62. The second kappa shape index (κ2) is 5.76. The van der Waals surface area contributed by atoms with Gasteiger partial charge < -0.3 is 0 Å². The van der Waals surface area contributed by atoms with E-state index >= 15 is 0 Å². The van der Waals surface area contributed by atoms with Crippen LogP contribution in [0.25, 0.3) is 11.1 Å². The fraction of sp³-hybridized carbons (Fsp3) is 0.278. The first-order valence-electron chi connectivity index (χ1n) is 7.12. The first-order chi connectivity index (χ1) is 9.46. The second-order valence-electron chi connectivity index (χ2n) is 6.16. The van der Waals surface area contributed by atoms with Crippen LogP contribution in [0.1, 0.15) is 24.2 Å². The first-order valence-corrected chi connectivity index (χ1v) is 10.2. The average molecular weight is 282 g/mol. The molecule has 0 aliphatic rings. The van der Waals surface area contributed by atoms with Crippen LogP contribution in [0.5, 0.6) is 0 Å². The molecular weight excluding hydrogens is 260 g/mol. The quantitative estimate of drug-likeness (QED) is 0.596. The molecular formula is C18H22OSi. The predicted molar refractivity (Wildman–Crippen MR) is 89.5 cm³/mol. The van der Waals surface area contributed by atoms with Crippen molar-refractivity contribution < 1.29 is 4.79 Å². The lowest BCUT2D eigenvalue weighted by atomic mass is 10.0. The Hall–Kier alpha value is -1.67. The summed E-state index contributed by atoms with van der Waals surface area (Å²) in [6, 6.07) is 16.5. The minimum Gasteiger partial charge on any atom is -0.298 e. The van der Waals surface area contributed by atoms with Crippen molar-refractivity contribution in [2.24, 2.45) is 0 Å². The van der Waals surface area contributed by atoms with E-state index in [2.05, 4.69) is 51.2 Å². The van der Waals surface area contributed by atoms with Crippen molar-refractivity contribution in [2.75, 3.05) is 0 Å². The monoisotopic (exact) mass is 282 g/mol. The molecule has 0 unspecified atom stereocenters. The van der Waals surface area contributed by atoms with E-state index in [1.54, 1.807) is 0 Å². The van der Waals surface area contributed by atoms with E-state index in [1.165, 1.54) is 5.19 Å². The topological polar surface area (TPSA) is 17.1 Å². The van der Waals surface area contributed by atoms with E-state index in [4.69, 9.17) is 0 Å². The Morgan fingerprint density at radius 1 is 1.00 bits per heavy atom. The van der Waals surface area contributed by atoms with E-state index in [-0.39, 0.29) is 0 Å². The summed E-state index contributed by atoms with van der Waals surface area (Å²) in [5.74, 6) is 0. The minimum atomic E-state index is -1.44. The molecule has 0 fully saturated rings. The summed E-state index contributed by atoms with van der Waals surface area (Å²) >= 11 is 0. The highest BCUT2D eigenvalue weighted by Crippen LogP contribution is 2.25. The number of rotatable bonds is 4. The molecule has 0 N–H and O–H groups in total. The van der Waals surface area contributed by atoms with Gasteiger partial charge in [0.25, 0.3) is 0 Å². The Morgan fingerprint density at radius 2 is 1.70 bits per heavy atom. The Bertz CT molecular complexity index is 614. The molecule has 0 amide bonds. The molecule has 2 aromatic carbocycles. The van der Waals surface area contributed by atoms with Crippen LogP contribution in [0.2, 0.25) is 18.6 Å². The molecule has 0 atom stereocenters. The number of hydrogen-bond acceptors (Lipinski definition) is 1. The van der Waals surface area contributed by atoms with Gasteiger partial charge in [0.05, 0.1) is 8.07 Å². The van der Waals surface area contributed by atoms with Gasteiger partial charge in [0.1, 0.15) is 0 Å².